The molecule has 2 rings (SSSR count). The molecule has 0 saturated heterocycles. The summed E-state index contributed by atoms with van der Waals surface area (Å²) in [6, 6.07) is 0. The Balaban J connectivity index is 2.46. The standard InChI is InChI=1S/C10H12N4O2/c1-3-8-12-10-11-4-7(5-14(10)13-8)6(2)9(15)16/h4-6H,3H2,1-2H3,(H,15,16). The van der Waals surface area contributed by atoms with Crippen LogP contribution in [0.3, 0.4) is 0 Å². The molecule has 2 heterocycles. The van der Waals surface area contributed by atoms with Crippen molar-refractivity contribution in [3.8, 4) is 0 Å². The molecular formula is C10H12N4O2. The van der Waals surface area contributed by atoms with E-state index in [0.29, 0.717) is 17.2 Å². The average molecular weight is 220 g/mol. The second-order valence-electron chi connectivity index (χ2n) is 3.57. The highest BCUT2D eigenvalue weighted by Gasteiger charge is 2.15. The van der Waals surface area contributed by atoms with Crippen LogP contribution in [-0.2, 0) is 11.2 Å². The van der Waals surface area contributed by atoms with E-state index in [-0.39, 0.29) is 0 Å². The van der Waals surface area contributed by atoms with Crippen molar-refractivity contribution in [1.82, 2.24) is 19.6 Å². The van der Waals surface area contributed by atoms with Gasteiger partial charge in [-0.1, -0.05) is 6.92 Å². The number of carboxylic acids is 1. The van der Waals surface area contributed by atoms with Crippen LogP contribution in [0.15, 0.2) is 12.4 Å². The van der Waals surface area contributed by atoms with Gasteiger partial charge in [0.25, 0.3) is 5.78 Å². The molecule has 0 aliphatic heterocycles. The number of nitrogens with zero attached hydrogens (tertiary/aromatic N) is 4. The highest BCUT2D eigenvalue weighted by molar-refractivity contribution is 5.75. The molecule has 0 saturated carbocycles. The van der Waals surface area contributed by atoms with E-state index in [1.54, 1.807) is 13.1 Å². The molecule has 1 unspecified atom stereocenters. The van der Waals surface area contributed by atoms with Crippen LogP contribution >= 0.6 is 0 Å². The molecule has 0 bridgehead atoms. The molecule has 0 aliphatic rings. The first-order valence-corrected chi connectivity index (χ1v) is 5.05. The third-order valence-corrected chi connectivity index (χ3v) is 2.44. The topological polar surface area (TPSA) is 80.4 Å². The smallest absolute Gasteiger partial charge is 0.310 e. The zero-order valence-corrected chi connectivity index (χ0v) is 9.08. The molecule has 0 aliphatic carbocycles. The molecular weight excluding hydrogens is 208 g/mol. The third-order valence-electron chi connectivity index (χ3n) is 2.44. The number of carboxylic acid groups (broad SMARTS) is 1. The Hall–Kier alpha value is -1.98. The molecule has 0 spiro atoms. The number of aromatic nitrogens is 4. The van der Waals surface area contributed by atoms with Gasteiger partial charge in [0.15, 0.2) is 5.82 Å². The SMILES string of the molecule is CCc1nc2ncc(C(C)C(=O)O)cn2n1. The molecule has 2 aromatic rings. The lowest BCUT2D eigenvalue weighted by Gasteiger charge is -2.04. The summed E-state index contributed by atoms with van der Waals surface area (Å²) in [6.45, 7) is 3.57. The molecule has 0 amide bonds. The lowest BCUT2D eigenvalue weighted by Crippen LogP contribution is -2.09. The van der Waals surface area contributed by atoms with E-state index in [4.69, 9.17) is 5.11 Å². The minimum absolute atomic E-state index is 0.498. The van der Waals surface area contributed by atoms with Gasteiger partial charge in [-0.2, -0.15) is 4.98 Å². The molecule has 0 fully saturated rings. The maximum absolute atomic E-state index is 10.8. The summed E-state index contributed by atoms with van der Waals surface area (Å²) in [6.07, 6.45) is 3.92. The molecule has 16 heavy (non-hydrogen) atoms. The second kappa shape index (κ2) is 3.88. The van der Waals surface area contributed by atoms with Gasteiger partial charge in [0, 0.05) is 24.4 Å². The Labute approximate surface area is 92.0 Å². The number of fused-ring (bicyclic) bond motifs is 1. The zero-order valence-electron chi connectivity index (χ0n) is 9.08. The first kappa shape index (κ1) is 10.5. The monoisotopic (exact) mass is 220 g/mol. The molecule has 1 N–H and O–H groups in total. The van der Waals surface area contributed by atoms with Gasteiger partial charge in [-0.25, -0.2) is 9.50 Å². The fourth-order valence-corrected chi connectivity index (χ4v) is 1.36. The number of rotatable bonds is 3. The van der Waals surface area contributed by atoms with Crippen molar-refractivity contribution in [3.63, 3.8) is 0 Å². The Morgan fingerprint density at radius 3 is 3.00 bits per heavy atom. The van der Waals surface area contributed by atoms with Crippen LogP contribution in [0.2, 0.25) is 0 Å². The summed E-state index contributed by atoms with van der Waals surface area (Å²) >= 11 is 0. The van der Waals surface area contributed by atoms with Crippen LogP contribution in [-0.4, -0.2) is 30.7 Å². The van der Waals surface area contributed by atoms with Crippen molar-refractivity contribution in [2.75, 3.05) is 0 Å². The van der Waals surface area contributed by atoms with E-state index in [1.165, 1.54) is 10.7 Å². The minimum atomic E-state index is -0.878. The fourth-order valence-electron chi connectivity index (χ4n) is 1.36. The number of hydrogen-bond donors (Lipinski definition) is 1. The Morgan fingerprint density at radius 2 is 2.38 bits per heavy atom. The van der Waals surface area contributed by atoms with Crippen LogP contribution in [0.1, 0.15) is 31.2 Å². The van der Waals surface area contributed by atoms with Gasteiger partial charge in [0.1, 0.15) is 0 Å². The van der Waals surface area contributed by atoms with Crippen molar-refractivity contribution < 1.29 is 9.90 Å². The van der Waals surface area contributed by atoms with Crippen molar-refractivity contribution in [2.45, 2.75) is 26.2 Å². The molecule has 1 atom stereocenters. The molecule has 0 aromatic carbocycles. The summed E-state index contributed by atoms with van der Waals surface area (Å²) in [5, 5.41) is 13.1. The largest absolute Gasteiger partial charge is 0.481 e. The lowest BCUT2D eigenvalue weighted by atomic mass is 10.1. The van der Waals surface area contributed by atoms with Crippen LogP contribution < -0.4 is 0 Å². The van der Waals surface area contributed by atoms with Gasteiger partial charge >= 0.3 is 5.97 Å². The number of hydrogen-bond acceptors (Lipinski definition) is 4. The van der Waals surface area contributed by atoms with Gasteiger partial charge in [-0.3, -0.25) is 4.79 Å². The number of aryl methyl sites for hydroxylation is 1. The number of carbonyl (C=O) groups is 1. The zero-order chi connectivity index (χ0) is 11.7. The number of aliphatic carboxylic acids is 1. The van der Waals surface area contributed by atoms with Crippen molar-refractivity contribution in [2.24, 2.45) is 0 Å². The highest BCUT2D eigenvalue weighted by Crippen LogP contribution is 2.14. The van der Waals surface area contributed by atoms with E-state index in [2.05, 4.69) is 15.1 Å². The van der Waals surface area contributed by atoms with Gasteiger partial charge < -0.3 is 5.11 Å². The third kappa shape index (κ3) is 1.73. The molecule has 84 valence electrons. The van der Waals surface area contributed by atoms with Crippen LogP contribution in [0.5, 0.6) is 0 Å². The maximum atomic E-state index is 10.8. The quantitative estimate of drug-likeness (QED) is 0.830. The lowest BCUT2D eigenvalue weighted by molar-refractivity contribution is -0.138. The first-order chi connectivity index (χ1) is 7.61. The average Bonchev–Trinajstić information content (AvgIpc) is 2.69. The van der Waals surface area contributed by atoms with Crippen LogP contribution in [0, 0.1) is 0 Å². The minimum Gasteiger partial charge on any atom is -0.481 e. The molecule has 6 nitrogen and oxygen atoms in total. The second-order valence-corrected chi connectivity index (χ2v) is 3.57. The van der Waals surface area contributed by atoms with Crippen molar-refractivity contribution in [1.29, 1.82) is 0 Å². The van der Waals surface area contributed by atoms with Gasteiger partial charge in [0.2, 0.25) is 0 Å². The van der Waals surface area contributed by atoms with E-state index in [1.807, 2.05) is 6.92 Å². The van der Waals surface area contributed by atoms with E-state index >= 15 is 0 Å². The summed E-state index contributed by atoms with van der Waals surface area (Å²) < 4.78 is 1.52. The van der Waals surface area contributed by atoms with Gasteiger partial charge in [-0.05, 0) is 6.92 Å². The maximum Gasteiger partial charge on any atom is 0.310 e. The molecule has 2 aromatic heterocycles. The summed E-state index contributed by atoms with van der Waals surface area (Å²) in [5.41, 5.74) is 0.618. The predicted molar refractivity (Wildman–Crippen MR) is 56.2 cm³/mol. The highest BCUT2D eigenvalue weighted by atomic mass is 16.4. The summed E-state index contributed by atoms with van der Waals surface area (Å²) in [5.74, 6) is -0.269. The summed E-state index contributed by atoms with van der Waals surface area (Å²) in [4.78, 5) is 19.1. The van der Waals surface area contributed by atoms with E-state index in [0.717, 1.165) is 6.42 Å². The van der Waals surface area contributed by atoms with Gasteiger partial charge in [-0.15, -0.1) is 5.10 Å². The summed E-state index contributed by atoms with van der Waals surface area (Å²) in [7, 11) is 0. The predicted octanol–water partition coefficient (Wildman–Crippen LogP) is 0.875. The molecule has 0 radical (unpaired) electrons. The Kier molecular flexibility index (Phi) is 2.55. The normalized spacial score (nSPS) is 12.9. The van der Waals surface area contributed by atoms with Crippen LogP contribution in [0.4, 0.5) is 0 Å². The van der Waals surface area contributed by atoms with Gasteiger partial charge in [0.05, 0.1) is 5.92 Å². The first-order valence-electron chi connectivity index (χ1n) is 5.05. The van der Waals surface area contributed by atoms with Crippen LogP contribution in [0.25, 0.3) is 5.78 Å². The molecule has 6 heteroatoms. The van der Waals surface area contributed by atoms with Crippen molar-refractivity contribution in [3.05, 3.63) is 23.8 Å². The Morgan fingerprint density at radius 1 is 1.62 bits per heavy atom. The van der Waals surface area contributed by atoms with E-state index < -0.39 is 11.9 Å². The fraction of sp³-hybridized carbons (Fsp3) is 0.400. The van der Waals surface area contributed by atoms with Crippen molar-refractivity contribution >= 4 is 11.7 Å². The Bertz CT molecular complexity index is 535. The van der Waals surface area contributed by atoms with E-state index in [9.17, 15) is 4.79 Å².